The summed E-state index contributed by atoms with van der Waals surface area (Å²) in [4.78, 5) is 13.1. The van der Waals surface area contributed by atoms with Gasteiger partial charge in [-0.1, -0.05) is 0 Å². The lowest BCUT2D eigenvalue weighted by molar-refractivity contribution is -0.144. The predicted octanol–water partition coefficient (Wildman–Crippen LogP) is 1.21. The van der Waals surface area contributed by atoms with Crippen LogP contribution in [0, 0.1) is 5.92 Å². The number of methoxy groups -OCH3 is 1. The molecule has 1 rings (SSSR count). The molecule has 0 saturated carbocycles. The summed E-state index contributed by atoms with van der Waals surface area (Å²) in [5.41, 5.74) is 0. The lowest BCUT2D eigenvalue weighted by Gasteiger charge is -2.37. The Morgan fingerprint density at radius 3 is 2.73 bits per heavy atom. The second kappa shape index (κ2) is 5.47. The molecule has 3 unspecified atom stereocenters. The van der Waals surface area contributed by atoms with Crippen LogP contribution >= 0.6 is 0 Å². The lowest BCUT2D eigenvalue weighted by Crippen LogP contribution is -2.47. The van der Waals surface area contributed by atoms with E-state index in [1.165, 1.54) is 0 Å². The molecule has 0 aliphatic carbocycles. The highest BCUT2D eigenvalue weighted by Gasteiger charge is 2.29. The highest BCUT2D eigenvalue weighted by Crippen LogP contribution is 2.20. The number of piperidine rings is 1. The molecule has 1 N–H and O–H groups in total. The summed E-state index contributed by atoms with van der Waals surface area (Å²) in [7, 11) is 1.69. The summed E-state index contributed by atoms with van der Waals surface area (Å²) in [6.07, 6.45) is 1.93. The molecule has 1 heterocycles. The Bertz CT molecular complexity index is 220. The molecule has 0 spiro atoms. The molecule has 1 fully saturated rings. The summed E-state index contributed by atoms with van der Waals surface area (Å²) in [5, 5.41) is 8.98. The van der Waals surface area contributed by atoms with Crippen molar-refractivity contribution < 1.29 is 14.6 Å². The van der Waals surface area contributed by atoms with E-state index in [1.807, 2.05) is 6.92 Å². The third-order valence-corrected chi connectivity index (χ3v) is 3.43. The summed E-state index contributed by atoms with van der Waals surface area (Å²) in [5.74, 6) is -0.873. The van der Waals surface area contributed by atoms with Gasteiger partial charge in [-0.05, 0) is 33.2 Å². The van der Waals surface area contributed by atoms with Gasteiger partial charge in [0.05, 0.1) is 12.0 Å². The number of likely N-dealkylation sites (tertiary alicyclic amines) is 1. The van der Waals surface area contributed by atoms with E-state index >= 15 is 0 Å². The van der Waals surface area contributed by atoms with E-state index in [9.17, 15) is 4.79 Å². The molecular weight excluding hydrogens is 194 g/mol. The Kier molecular flexibility index (Phi) is 4.54. The van der Waals surface area contributed by atoms with Gasteiger partial charge in [0, 0.05) is 19.7 Å². The van der Waals surface area contributed by atoms with Crippen LogP contribution in [0.15, 0.2) is 0 Å². The largest absolute Gasteiger partial charge is 0.481 e. The molecule has 4 nitrogen and oxygen atoms in total. The van der Waals surface area contributed by atoms with Gasteiger partial charge in [-0.15, -0.1) is 0 Å². The van der Waals surface area contributed by atoms with E-state index in [4.69, 9.17) is 9.84 Å². The minimum atomic E-state index is -0.669. The second-order valence-corrected chi connectivity index (χ2v) is 4.35. The number of aliphatic carboxylic acids is 1. The van der Waals surface area contributed by atoms with Gasteiger partial charge in [0.25, 0.3) is 0 Å². The molecule has 0 radical (unpaired) electrons. The number of ether oxygens (including phenoxy) is 1. The predicted molar refractivity (Wildman–Crippen MR) is 57.9 cm³/mol. The monoisotopic (exact) mass is 215 g/mol. The fraction of sp³-hybridized carbons (Fsp3) is 0.909. The molecule has 1 saturated heterocycles. The smallest absolute Gasteiger partial charge is 0.307 e. The minimum absolute atomic E-state index is 0.151. The normalized spacial score (nSPS) is 27.3. The van der Waals surface area contributed by atoms with Gasteiger partial charge in [0.1, 0.15) is 0 Å². The highest BCUT2D eigenvalue weighted by atomic mass is 16.5. The topological polar surface area (TPSA) is 49.8 Å². The van der Waals surface area contributed by atoms with Crippen LogP contribution in [0.25, 0.3) is 0 Å². The summed E-state index contributed by atoms with van der Waals surface area (Å²) < 4.78 is 5.27. The molecule has 1 aliphatic heterocycles. The summed E-state index contributed by atoms with van der Waals surface area (Å²) >= 11 is 0. The van der Waals surface area contributed by atoms with Crippen molar-refractivity contribution in [2.24, 2.45) is 5.92 Å². The fourth-order valence-electron chi connectivity index (χ4n) is 2.07. The third-order valence-electron chi connectivity index (χ3n) is 3.43. The van der Waals surface area contributed by atoms with Crippen LogP contribution in [0.2, 0.25) is 0 Å². The van der Waals surface area contributed by atoms with Crippen molar-refractivity contribution in [3.05, 3.63) is 0 Å². The average molecular weight is 215 g/mol. The summed E-state index contributed by atoms with van der Waals surface area (Å²) in [6, 6.07) is 0.289. The first kappa shape index (κ1) is 12.5. The number of rotatable bonds is 4. The number of carboxylic acid groups (broad SMARTS) is 1. The zero-order valence-electron chi connectivity index (χ0n) is 9.77. The van der Waals surface area contributed by atoms with E-state index in [2.05, 4.69) is 11.8 Å². The van der Waals surface area contributed by atoms with Crippen molar-refractivity contribution in [1.82, 2.24) is 4.90 Å². The van der Waals surface area contributed by atoms with Crippen LogP contribution in [0.5, 0.6) is 0 Å². The Hall–Kier alpha value is -0.610. The summed E-state index contributed by atoms with van der Waals surface area (Å²) in [6.45, 7) is 5.76. The Balaban J connectivity index is 2.52. The van der Waals surface area contributed by atoms with E-state index in [0.29, 0.717) is 6.54 Å². The molecule has 1 aliphatic rings. The lowest BCUT2D eigenvalue weighted by atomic mass is 9.96. The standard InChI is InChI=1S/C11H21NO3/c1-8(9(2)15-3)12-6-4-5-10(7-12)11(13)14/h8-10H,4-7H2,1-3H3,(H,13,14). The molecule has 0 aromatic carbocycles. The Morgan fingerprint density at radius 1 is 1.53 bits per heavy atom. The number of carbonyl (C=O) groups is 1. The van der Waals surface area contributed by atoms with Gasteiger partial charge >= 0.3 is 5.97 Å². The molecule has 3 atom stereocenters. The highest BCUT2D eigenvalue weighted by molar-refractivity contribution is 5.70. The van der Waals surface area contributed by atoms with Crippen LogP contribution in [-0.4, -0.2) is 48.3 Å². The Morgan fingerprint density at radius 2 is 2.20 bits per heavy atom. The molecule has 0 aromatic rings. The molecule has 4 heteroatoms. The minimum Gasteiger partial charge on any atom is -0.481 e. The molecular formula is C11H21NO3. The van der Waals surface area contributed by atoms with Crippen molar-refractivity contribution in [2.75, 3.05) is 20.2 Å². The van der Waals surface area contributed by atoms with Crippen molar-refractivity contribution >= 4 is 5.97 Å². The molecule has 0 aromatic heterocycles. The molecule has 88 valence electrons. The molecule has 15 heavy (non-hydrogen) atoms. The van der Waals surface area contributed by atoms with Crippen molar-refractivity contribution in [3.8, 4) is 0 Å². The second-order valence-electron chi connectivity index (χ2n) is 4.35. The number of hydrogen-bond donors (Lipinski definition) is 1. The van der Waals surface area contributed by atoms with E-state index in [1.54, 1.807) is 7.11 Å². The van der Waals surface area contributed by atoms with Gasteiger partial charge in [-0.3, -0.25) is 9.69 Å². The van der Waals surface area contributed by atoms with Crippen LogP contribution in [0.1, 0.15) is 26.7 Å². The maximum Gasteiger partial charge on any atom is 0.307 e. The van der Waals surface area contributed by atoms with Gasteiger partial charge < -0.3 is 9.84 Å². The maximum atomic E-state index is 10.9. The van der Waals surface area contributed by atoms with Gasteiger partial charge in [0.2, 0.25) is 0 Å². The first-order valence-electron chi connectivity index (χ1n) is 5.56. The molecule has 0 bridgehead atoms. The zero-order chi connectivity index (χ0) is 11.4. The van der Waals surface area contributed by atoms with Crippen LogP contribution < -0.4 is 0 Å². The Labute approximate surface area is 91.2 Å². The number of nitrogens with zero attached hydrogens (tertiary/aromatic N) is 1. The van der Waals surface area contributed by atoms with E-state index in [0.717, 1.165) is 19.4 Å². The fourth-order valence-corrected chi connectivity index (χ4v) is 2.07. The van der Waals surface area contributed by atoms with Crippen LogP contribution in [0.4, 0.5) is 0 Å². The van der Waals surface area contributed by atoms with Gasteiger partial charge in [-0.25, -0.2) is 0 Å². The first-order valence-corrected chi connectivity index (χ1v) is 5.56. The van der Waals surface area contributed by atoms with Crippen LogP contribution in [-0.2, 0) is 9.53 Å². The average Bonchev–Trinajstić information content (AvgIpc) is 2.27. The molecule has 0 amide bonds. The van der Waals surface area contributed by atoms with E-state index in [-0.39, 0.29) is 18.1 Å². The third kappa shape index (κ3) is 3.18. The van der Waals surface area contributed by atoms with Gasteiger partial charge in [-0.2, -0.15) is 0 Å². The quantitative estimate of drug-likeness (QED) is 0.765. The van der Waals surface area contributed by atoms with Crippen molar-refractivity contribution in [2.45, 2.75) is 38.8 Å². The van der Waals surface area contributed by atoms with Crippen LogP contribution in [0.3, 0.4) is 0 Å². The van der Waals surface area contributed by atoms with E-state index < -0.39 is 5.97 Å². The van der Waals surface area contributed by atoms with Crippen molar-refractivity contribution in [1.29, 1.82) is 0 Å². The SMILES string of the molecule is COC(C)C(C)N1CCCC(C(=O)O)C1. The van der Waals surface area contributed by atoms with Gasteiger partial charge in [0.15, 0.2) is 0 Å². The zero-order valence-corrected chi connectivity index (χ0v) is 9.77. The van der Waals surface area contributed by atoms with Crippen molar-refractivity contribution in [3.63, 3.8) is 0 Å². The number of carboxylic acids is 1. The first-order chi connectivity index (χ1) is 7.06. The maximum absolute atomic E-state index is 10.9. The number of hydrogen-bond acceptors (Lipinski definition) is 3.